The van der Waals surface area contributed by atoms with Gasteiger partial charge in [0.05, 0.1) is 5.92 Å². The number of aryl methyl sites for hydroxylation is 1. The lowest BCUT2D eigenvalue weighted by Gasteiger charge is -2.22. The van der Waals surface area contributed by atoms with Crippen LogP contribution in [0.1, 0.15) is 31.4 Å². The van der Waals surface area contributed by atoms with Gasteiger partial charge in [-0.2, -0.15) is 0 Å². The Bertz CT molecular complexity index is 828. The van der Waals surface area contributed by atoms with Crippen molar-refractivity contribution in [1.82, 2.24) is 5.32 Å². The van der Waals surface area contributed by atoms with Crippen molar-refractivity contribution in [3.8, 4) is 0 Å². The summed E-state index contributed by atoms with van der Waals surface area (Å²) < 4.78 is 0. The van der Waals surface area contributed by atoms with Gasteiger partial charge in [-0.15, -0.1) is 0 Å². The van der Waals surface area contributed by atoms with Gasteiger partial charge in [0.15, 0.2) is 0 Å². The summed E-state index contributed by atoms with van der Waals surface area (Å²) in [5.74, 6) is -0.357. The van der Waals surface area contributed by atoms with Crippen LogP contribution in [0.2, 0.25) is 0 Å². The molecule has 2 aromatic rings. The molecule has 2 amide bonds. The quantitative estimate of drug-likeness (QED) is 0.801. The fourth-order valence-electron chi connectivity index (χ4n) is 3.70. The summed E-state index contributed by atoms with van der Waals surface area (Å²) in [5.41, 5.74) is 4.26. The molecule has 28 heavy (non-hydrogen) atoms. The zero-order valence-corrected chi connectivity index (χ0v) is 16.9. The molecule has 1 heterocycles. The molecule has 1 N–H and O–H groups in total. The lowest BCUT2D eigenvalue weighted by atomic mass is 10.1. The minimum atomic E-state index is -0.307. The van der Waals surface area contributed by atoms with Crippen LogP contribution in [-0.2, 0) is 16.1 Å². The zero-order chi connectivity index (χ0) is 20.1. The summed E-state index contributed by atoms with van der Waals surface area (Å²) in [6, 6.07) is 16.0. The molecule has 0 bridgehead atoms. The maximum Gasteiger partial charge on any atom is 0.227 e. The number of carbonyl (C=O) groups is 2. The van der Waals surface area contributed by atoms with Gasteiger partial charge in [0.1, 0.15) is 0 Å². The van der Waals surface area contributed by atoms with E-state index in [0.29, 0.717) is 13.1 Å². The highest BCUT2D eigenvalue weighted by atomic mass is 16.2. The Kier molecular flexibility index (Phi) is 6.34. The third-order valence-corrected chi connectivity index (χ3v) is 5.50. The number of benzene rings is 2. The van der Waals surface area contributed by atoms with Crippen molar-refractivity contribution in [3.05, 3.63) is 59.7 Å². The lowest BCUT2D eigenvalue weighted by molar-refractivity contribution is -0.126. The van der Waals surface area contributed by atoms with Gasteiger partial charge in [0.25, 0.3) is 0 Å². The average molecular weight is 380 g/mol. The van der Waals surface area contributed by atoms with Gasteiger partial charge in [-0.1, -0.05) is 24.3 Å². The van der Waals surface area contributed by atoms with Crippen molar-refractivity contribution in [1.29, 1.82) is 0 Å². The zero-order valence-electron chi connectivity index (χ0n) is 16.9. The van der Waals surface area contributed by atoms with E-state index in [9.17, 15) is 9.59 Å². The van der Waals surface area contributed by atoms with Crippen molar-refractivity contribution >= 4 is 23.2 Å². The Morgan fingerprint density at radius 2 is 1.79 bits per heavy atom. The molecule has 0 saturated carbocycles. The van der Waals surface area contributed by atoms with Gasteiger partial charge in [0.2, 0.25) is 11.8 Å². The molecular formula is C23H29N3O2. The van der Waals surface area contributed by atoms with E-state index in [1.165, 1.54) is 0 Å². The minimum absolute atomic E-state index is 0.00614. The molecule has 0 aliphatic carbocycles. The molecule has 1 saturated heterocycles. The van der Waals surface area contributed by atoms with Crippen LogP contribution in [0.3, 0.4) is 0 Å². The Balaban J connectivity index is 1.61. The number of anilines is 2. The van der Waals surface area contributed by atoms with Crippen LogP contribution < -0.4 is 15.1 Å². The van der Waals surface area contributed by atoms with E-state index in [-0.39, 0.29) is 24.2 Å². The molecule has 5 heteroatoms. The second-order valence-corrected chi connectivity index (χ2v) is 7.24. The molecule has 2 aromatic carbocycles. The summed E-state index contributed by atoms with van der Waals surface area (Å²) in [6.45, 7) is 9.11. The molecule has 0 radical (unpaired) electrons. The highest BCUT2D eigenvalue weighted by Crippen LogP contribution is 2.27. The van der Waals surface area contributed by atoms with Crippen molar-refractivity contribution in [2.75, 3.05) is 29.4 Å². The van der Waals surface area contributed by atoms with Gasteiger partial charge in [-0.25, -0.2) is 0 Å². The Hall–Kier alpha value is -2.82. The maximum absolute atomic E-state index is 12.6. The van der Waals surface area contributed by atoms with Gasteiger partial charge < -0.3 is 15.1 Å². The molecule has 3 rings (SSSR count). The first-order chi connectivity index (χ1) is 13.5. The van der Waals surface area contributed by atoms with Crippen molar-refractivity contribution in [2.24, 2.45) is 5.92 Å². The Labute approximate surface area is 167 Å². The number of rotatable bonds is 7. The fourth-order valence-corrected chi connectivity index (χ4v) is 3.70. The first kappa shape index (κ1) is 19.9. The van der Waals surface area contributed by atoms with Crippen LogP contribution in [0.15, 0.2) is 48.5 Å². The van der Waals surface area contributed by atoms with Gasteiger partial charge in [-0.05, 0) is 56.2 Å². The molecule has 5 nitrogen and oxygen atoms in total. The summed E-state index contributed by atoms with van der Waals surface area (Å²) in [5, 5.41) is 2.99. The fraction of sp³-hybridized carbons (Fsp3) is 0.391. The highest BCUT2D eigenvalue weighted by Gasteiger charge is 2.35. The standard InChI is InChI=1S/C23H29N3O2/c1-4-25(5-2)20-10-12-21(13-11-20)26-16-19(14-22(26)27)23(28)24-15-18-9-7-6-8-17(18)3/h6-13,19H,4-5,14-16H2,1-3H3,(H,24,28). The number of nitrogens with one attached hydrogen (secondary N) is 1. The normalized spacial score (nSPS) is 16.3. The first-order valence-electron chi connectivity index (χ1n) is 10.0. The van der Waals surface area contributed by atoms with Crippen LogP contribution in [0.25, 0.3) is 0 Å². The number of hydrogen-bond acceptors (Lipinski definition) is 3. The summed E-state index contributed by atoms with van der Waals surface area (Å²) in [6.07, 6.45) is 0.261. The van der Waals surface area contributed by atoms with Crippen molar-refractivity contribution in [3.63, 3.8) is 0 Å². The van der Waals surface area contributed by atoms with E-state index >= 15 is 0 Å². The lowest BCUT2D eigenvalue weighted by Crippen LogP contribution is -2.32. The van der Waals surface area contributed by atoms with E-state index in [2.05, 4.69) is 24.1 Å². The second kappa shape index (κ2) is 8.91. The van der Waals surface area contributed by atoms with E-state index in [0.717, 1.165) is 35.6 Å². The highest BCUT2D eigenvalue weighted by molar-refractivity contribution is 6.00. The third kappa shape index (κ3) is 4.35. The third-order valence-electron chi connectivity index (χ3n) is 5.50. The van der Waals surface area contributed by atoms with Gasteiger partial charge >= 0.3 is 0 Å². The average Bonchev–Trinajstić information content (AvgIpc) is 3.10. The molecular weight excluding hydrogens is 350 g/mol. The maximum atomic E-state index is 12.6. The Morgan fingerprint density at radius 3 is 2.43 bits per heavy atom. The predicted molar refractivity (Wildman–Crippen MR) is 113 cm³/mol. The molecule has 0 aromatic heterocycles. The van der Waals surface area contributed by atoms with Crippen LogP contribution in [0.5, 0.6) is 0 Å². The SMILES string of the molecule is CCN(CC)c1ccc(N2CC(C(=O)NCc3ccccc3C)CC2=O)cc1. The number of nitrogens with zero attached hydrogens (tertiary/aromatic N) is 2. The van der Waals surface area contributed by atoms with E-state index in [4.69, 9.17) is 0 Å². The molecule has 1 atom stereocenters. The number of carbonyl (C=O) groups excluding carboxylic acids is 2. The van der Waals surface area contributed by atoms with Crippen LogP contribution in [0, 0.1) is 12.8 Å². The predicted octanol–water partition coefficient (Wildman–Crippen LogP) is 3.51. The van der Waals surface area contributed by atoms with Crippen LogP contribution in [0.4, 0.5) is 11.4 Å². The Morgan fingerprint density at radius 1 is 1.11 bits per heavy atom. The largest absolute Gasteiger partial charge is 0.372 e. The monoisotopic (exact) mass is 379 g/mol. The van der Waals surface area contributed by atoms with Gasteiger partial charge in [0, 0.05) is 44.0 Å². The van der Waals surface area contributed by atoms with Gasteiger partial charge in [-0.3, -0.25) is 9.59 Å². The van der Waals surface area contributed by atoms with E-state index < -0.39 is 0 Å². The minimum Gasteiger partial charge on any atom is -0.372 e. The molecule has 1 aliphatic heterocycles. The summed E-state index contributed by atoms with van der Waals surface area (Å²) in [7, 11) is 0. The van der Waals surface area contributed by atoms with Crippen molar-refractivity contribution in [2.45, 2.75) is 33.7 Å². The van der Waals surface area contributed by atoms with E-state index in [1.807, 2.05) is 55.5 Å². The summed E-state index contributed by atoms with van der Waals surface area (Å²) in [4.78, 5) is 29.0. The molecule has 1 unspecified atom stereocenters. The number of hydrogen-bond donors (Lipinski definition) is 1. The van der Waals surface area contributed by atoms with Crippen molar-refractivity contribution < 1.29 is 9.59 Å². The molecule has 0 spiro atoms. The number of amides is 2. The first-order valence-corrected chi connectivity index (χ1v) is 10.0. The molecule has 148 valence electrons. The summed E-state index contributed by atoms with van der Waals surface area (Å²) >= 11 is 0. The van der Waals surface area contributed by atoms with Crippen LogP contribution >= 0.6 is 0 Å². The smallest absolute Gasteiger partial charge is 0.227 e. The van der Waals surface area contributed by atoms with E-state index in [1.54, 1.807) is 4.90 Å². The molecule has 1 aliphatic rings. The van der Waals surface area contributed by atoms with Crippen LogP contribution in [-0.4, -0.2) is 31.4 Å². The topological polar surface area (TPSA) is 52.6 Å². The second-order valence-electron chi connectivity index (χ2n) is 7.24. The molecule has 1 fully saturated rings.